The molecule has 2 aromatic rings. The molecule has 0 spiro atoms. The summed E-state index contributed by atoms with van der Waals surface area (Å²) in [6.07, 6.45) is 2.81. The number of nitrogens with zero attached hydrogens (tertiary/aromatic N) is 1. The van der Waals surface area contributed by atoms with Gasteiger partial charge in [0.15, 0.2) is 0 Å². The highest BCUT2D eigenvalue weighted by atomic mass is 32.2. The predicted octanol–water partition coefficient (Wildman–Crippen LogP) is 2.80. The maximum atomic E-state index is 12.4. The first-order chi connectivity index (χ1) is 9.65. The van der Waals surface area contributed by atoms with Gasteiger partial charge in [0.25, 0.3) is 0 Å². The summed E-state index contributed by atoms with van der Waals surface area (Å²) in [6, 6.07) is 10.3. The van der Waals surface area contributed by atoms with E-state index in [0.717, 1.165) is 16.2 Å². The molecule has 0 fully saturated rings. The minimum atomic E-state index is -0.981. The van der Waals surface area contributed by atoms with E-state index in [1.807, 2.05) is 36.7 Å². The zero-order chi connectivity index (χ0) is 14.5. The van der Waals surface area contributed by atoms with E-state index in [2.05, 4.69) is 4.98 Å². The second-order valence-corrected chi connectivity index (χ2v) is 5.30. The minimum Gasteiger partial charge on any atom is -0.387 e. The topological polar surface area (TPSA) is 59.1 Å². The molecule has 0 amide bonds. The van der Waals surface area contributed by atoms with Gasteiger partial charge >= 0.3 is 0 Å². The number of benzene rings is 1. The van der Waals surface area contributed by atoms with E-state index in [0.29, 0.717) is 5.56 Å². The second kappa shape index (κ2) is 6.83. The molecule has 106 valence electrons. The Hall–Kier alpha value is -1.43. The van der Waals surface area contributed by atoms with Crippen molar-refractivity contribution >= 4 is 11.8 Å². The molecule has 0 aliphatic rings. The molecule has 0 saturated carbocycles. The average molecular weight is 292 g/mol. The summed E-state index contributed by atoms with van der Waals surface area (Å²) in [6.45, 7) is -0.747. The third kappa shape index (κ3) is 3.36. The average Bonchev–Trinajstić information content (AvgIpc) is 2.53. The molecule has 3 N–H and O–H groups in total. The van der Waals surface area contributed by atoms with Crippen LogP contribution >= 0.6 is 11.8 Å². The Balaban J connectivity index is 2.18. The number of hydrogen-bond acceptors (Lipinski definition) is 4. The van der Waals surface area contributed by atoms with E-state index in [9.17, 15) is 9.50 Å². The van der Waals surface area contributed by atoms with Gasteiger partial charge in [-0.1, -0.05) is 30.3 Å². The fourth-order valence-electron chi connectivity index (χ4n) is 1.88. The molecular weight excluding hydrogens is 275 g/mol. The van der Waals surface area contributed by atoms with Crippen molar-refractivity contribution in [1.82, 2.24) is 4.98 Å². The highest BCUT2D eigenvalue weighted by molar-refractivity contribution is 7.98. The number of pyridine rings is 1. The third-order valence-electron chi connectivity index (χ3n) is 3.11. The van der Waals surface area contributed by atoms with Crippen molar-refractivity contribution in [3.63, 3.8) is 0 Å². The Bertz CT molecular complexity index is 545. The molecule has 0 saturated heterocycles. The summed E-state index contributed by atoms with van der Waals surface area (Å²) in [5.41, 5.74) is 8.10. The lowest BCUT2D eigenvalue weighted by molar-refractivity contribution is 0.132. The summed E-state index contributed by atoms with van der Waals surface area (Å²) in [5, 5.41) is 10.8. The van der Waals surface area contributed by atoms with Crippen LogP contribution in [0.1, 0.15) is 11.7 Å². The van der Waals surface area contributed by atoms with Gasteiger partial charge in [-0.2, -0.15) is 0 Å². The summed E-state index contributed by atoms with van der Waals surface area (Å²) < 4.78 is 12.4. The largest absolute Gasteiger partial charge is 0.387 e. The van der Waals surface area contributed by atoms with Gasteiger partial charge in [-0.15, -0.1) is 11.8 Å². The highest BCUT2D eigenvalue weighted by Crippen LogP contribution is 2.24. The van der Waals surface area contributed by atoms with Crippen LogP contribution in [0.2, 0.25) is 0 Å². The molecule has 3 nitrogen and oxygen atoms in total. The molecule has 0 radical (unpaired) electrons. The predicted molar refractivity (Wildman–Crippen MR) is 80.4 cm³/mol. The second-order valence-electron chi connectivity index (χ2n) is 4.47. The lowest BCUT2D eigenvalue weighted by Gasteiger charge is -2.16. The van der Waals surface area contributed by atoms with Crippen LogP contribution < -0.4 is 5.73 Å². The Labute approximate surface area is 122 Å². The third-order valence-corrected chi connectivity index (χ3v) is 3.77. The summed E-state index contributed by atoms with van der Waals surface area (Å²) in [7, 11) is 0. The van der Waals surface area contributed by atoms with Crippen molar-refractivity contribution < 1.29 is 9.50 Å². The molecule has 2 atom stereocenters. The van der Waals surface area contributed by atoms with Crippen molar-refractivity contribution in [3.8, 4) is 11.1 Å². The van der Waals surface area contributed by atoms with Gasteiger partial charge in [-0.3, -0.25) is 0 Å². The molecule has 0 aliphatic carbocycles. The van der Waals surface area contributed by atoms with Gasteiger partial charge in [-0.05, 0) is 23.4 Å². The van der Waals surface area contributed by atoms with E-state index >= 15 is 0 Å². The smallest absolute Gasteiger partial charge is 0.107 e. The number of aliphatic hydroxyl groups is 1. The highest BCUT2D eigenvalue weighted by Gasteiger charge is 2.16. The number of nitrogens with two attached hydrogens (primary N) is 1. The molecule has 2 rings (SSSR count). The Morgan fingerprint density at radius 2 is 1.85 bits per heavy atom. The molecule has 20 heavy (non-hydrogen) atoms. The van der Waals surface area contributed by atoms with Gasteiger partial charge < -0.3 is 10.8 Å². The first-order valence-electron chi connectivity index (χ1n) is 6.25. The van der Waals surface area contributed by atoms with E-state index < -0.39 is 18.8 Å². The fourth-order valence-corrected chi connectivity index (χ4v) is 2.24. The molecule has 1 aromatic heterocycles. The number of halogens is 1. The van der Waals surface area contributed by atoms with Crippen LogP contribution in [0.15, 0.2) is 47.6 Å². The minimum absolute atomic E-state index is 0.618. The lowest BCUT2D eigenvalue weighted by Crippen LogP contribution is -2.30. The Morgan fingerprint density at radius 1 is 1.20 bits per heavy atom. The summed E-state index contributed by atoms with van der Waals surface area (Å²) in [4.78, 5) is 4.32. The lowest BCUT2D eigenvalue weighted by atomic mass is 10.00. The van der Waals surface area contributed by atoms with Crippen LogP contribution in [0, 0.1) is 0 Å². The molecule has 1 aromatic carbocycles. The Morgan fingerprint density at radius 3 is 2.35 bits per heavy atom. The van der Waals surface area contributed by atoms with E-state index in [4.69, 9.17) is 5.73 Å². The van der Waals surface area contributed by atoms with Crippen LogP contribution in [0.25, 0.3) is 11.1 Å². The molecule has 0 aliphatic heterocycles. The van der Waals surface area contributed by atoms with Crippen molar-refractivity contribution in [2.45, 2.75) is 17.2 Å². The number of aliphatic hydroxyl groups excluding tert-OH is 1. The van der Waals surface area contributed by atoms with Crippen LogP contribution in [0.3, 0.4) is 0 Å². The standard InChI is InChI=1S/C15H17FN2OS/c1-20-14-7-6-12(9-18-14)10-2-4-11(5-3-10)15(19)13(17)8-16/h2-7,9,13,15,19H,8,17H2,1H3/t13-,15-/m1/s1. The van der Waals surface area contributed by atoms with Crippen molar-refractivity contribution in [2.24, 2.45) is 5.73 Å². The fraction of sp³-hybridized carbons (Fsp3) is 0.267. The zero-order valence-corrected chi connectivity index (χ0v) is 12.0. The van der Waals surface area contributed by atoms with Crippen LogP contribution in [0.4, 0.5) is 4.39 Å². The van der Waals surface area contributed by atoms with Crippen molar-refractivity contribution in [1.29, 1.82) is 0 Å². The van der Waals surface area contributed by atoms with E-state index in [-0.39, 0.29) is 0 Å². The summed E-state index contributed by atoms with van der Waals surface area (Å²) >= 11 is 1.59. The van der Waals surface area contributed by atoms with Gasteiger partial charge in [0.05, 0.1) is 17.2 Å². The number of thioether (sulfide) groups is 1. The van der Waals surface area contributed by atoms with E-state index in [1.165, 1.54) is 0 Å². The quantitative estimate of drug-likeness (QED) is 0.832. The maximum Gasteiger partial charge on any atom is 0.107 e. The molecule has 0 unspecified atom stereocenters. The summed E-state index contributed by atoms with van der Waals surface area (Å²) in [5.74, 6) is 0. The molecule has 1 heterocycles. The normalized spacial score (nSPS) is 14.0. The number of alkyl halides is 1. The number of aromatic nitrogens is 1. The zero-order valence-electron chi connectivity index (χ0n) is 11.2. The van der Waals surface area contributed by atoms with Gasteiger partial charge in [0, 0.05) is 11.8 Å². The molecule has 0 bridgehead atoms. The first-order valence-corrected chi connectivity index (χ1v) is 7.48. The monoisotopic (exact) mass is 292 g/mol. The first kappa shape index (κ1) is 15.0. The van der Waals surface area contributed by atoms with E-state index in [1.54, 1.807) is 23.9 Å². The molecular formula is C15H17FN2OS. The SMILES string of the molecule is CSc1ccc(-c2ccc([C@@H](O)[C@H](N)CF)cc2)cn1. The van der Waals surface area contributed by atoms with Gasteiger partial charge in [-0.25, -0.2) is 9.37 Å². The van der Waals surface area contributed by atoms with Gasteiger partial charge in [0.1, 0.15) is 6.67 Å². The van der Waals surface area contributed by atoms with Crippen LogP contribution in [-0.2, 0) is 0 Å². The van der Waals surface area contributed by atoms with Crippen LogP contribution in [-0.4, -0.2) is 29.1 Å². The Kier molecular flexibility index (Phi) is 5.11. The maximum absolute atomic E-state index is 12.4. The van der Waals surface area contributed by atoms with Crippen LogP contribution in [0.5, 0.6) is 0 Å². The number of rotatable bonds is 5. The van der Waals surface area contributed by atoms with Crippen molar-refractivity contribution in [2.75, 3.05) is 12.9 Å². The molecule has 5 heteroatoms. The van der Waals surface area contributed by atoms with Crippen molar-refractivity contribution in [3.05, 3.63) is 48.2 Å². The number of hydrogen-bond donors (Lipinski definition) is 2. The van der Waals surface area contributed by atoms with Gasteiger partial charge in [0.2, 0.25) is 0 Å².